The zero-order valence-electron chi connectivity index (χ0n) is 10.1. The summed E-state index contributed by atoms with van der Waals surface area (Å²) in [6.45, 7) is 9.59. The SMILES string of the molecule is CC1=CCCN(CC2CCNC(C)C2)C1. The van der Waals surface area contributed by atoms with E-state index in [1.54, 1.807) is 5.57 Å². The molecule has 2 rings (SSSR count). The zero-order valence-corrected chi connectivity index (χ0v) is 10.1. The number of nitrogens with zero attached hydrogens (tertiary/aromatic N) is 1. The molecule has 2 aliphatic heterocycles. The van der Waals surface area contributed by atoms with Crippen molar-refractivity contribution in [2.45, 2.75) is 39.2 Å². The molecule has 0 radical (unpaired) electrons. The highest BCUT2D eigenvalue weighted by molar-refractivity contribution is 5.04. The van der Waals surface area contributed by atoms with Gasteiger partial charge in [0, 0.05) is 25.7 Å². The second-order valence-corrected chi connectivity index (χ2v) is 5.32. The molecule has 2 aliphatic rings. The highest BCUT2D eigenvalue weighted by atomic mass is 15.1. The average Bonchev–Trinajstić information content (AvgIpc) is 2.17. The maximum atomic E-state index is 3.53. The molecule has 2 nitrogen and oxygen atoms in total. The summed E-state index contributed by atoms with van der Waals surface area (Å²) in [6.07, 6.45) is 6.37. The molecule has 0 spiro atoms. The lowest BCUT2D eigenvalue weighted by atomic mass is 9.92. The van der Waals surface area contributed by atoms with E-state index < -0.39 is 0 Å². The van der Waals surface area contributed by atoms with Crippen molar-refractivity contribution in [1.29, 1.82) is 0 Å². The van der Waals surface area contributed by atoms with Crippen molar-refractivity contribution in [2.24, 2.45) is 5.92 Å². The summed E-state index contributed by atoms with van der Waals surface area (Å²) in [6, 6.07) is 0.727. The Kier molecular flexibility index (Phi) is 3.81. The molecule has 2 atom stereocenters. The van der Waals surface area contributed by atoms with Gasteiger partial charge in [-0.05, 0) is 45.6 Å². The second kappa shape index (κ2) is 5.13. The Labute approximate surface area is 93.7 Å². The van der Waals surface area contributed by atoms with Crippen molar-refractivity contribution in [3.05, 3.63) is 11.6 Å². The number of hydrogen-bond acceptors (Lipinski definition) is 2. The summed E-state index contributed by atoms with van der Waals surface area (Å²) >= 11 is 0. The third-order valence-electron chi connectivity index (χ3n) is 3.66. The molecule has 1 N–H and O–H groups in total. The predicted octanol–water partition coefficient (Wildman–Crippen LogP) is 2.03. The maximum absolute atomic E-state index is 3.53. The normalized spacial score (nSPS) is 33.9. The van der Waals surface area contributed by atoms with E-state index in [9.17, 15) is 0 Å². The Morgan fingerprint density at radius 2 is 2.40 bits per heavy atom. The predicted molar refractivity (Wildman–Crippen MR) is 65.0 cm³/mol. The summed E-state index contributed by atoms with van der Waals surface area (Å²) in [7, 11) is 0. The van der Waals surface area contributed by atoms with Crippen LogP contribution in [0.1, 0.15) is 33.1 Å². The molecule has 2 heterocycles. The minimum Gasteiger partial charge on any atom is -0.314 e. The fraction of sp³-hybridized carbons (Fsp3) is 0.846. The number of nitrogens with one attached hydrogen (secondary N) is 1. The van der Waals surface area contributed by atoms with E-state index in [2.05, 4.69) is 30.1 Å². The van der Waals surface area contributed by atoms with Crippen LogP contribution in [0.3, 0.4) is 0 Å². The highest BCUT2D eigenvalue weighted by Gasteiger charge is 2.21. The standard InChI is InChI=1S/C13H24N2/c1-11-4-3-7-15(9-11)10-13-5-6-14-12(2)8-13/h4,12-14H,3,5-10H2,1-2H3. The zero-order chi connectivity index (χ0) is 10.7. The second-order valence-electron chi connectivity index (χ2n) is 5.32. The molecule has 86 valence electrons. The smallest absolute Gasteiger partial charge is 0.0190 e. The summed E-state index contributed by atoms with van der Waals surface area (Å²) in [5.41, 5.74) is 1.56. The van der Waals surface area contributed by atoms with Crippen LogP contribution in [-0.2, 0) is 0 Å². The van der Waals surface area contributed by atoms with Crippen LogP contribution in [0.5, 0.6) is 0 Å². The fourth-order valence-electron chi connectivity index (χ4n) is 2.91. The number of piperidine rings is 1. The molecule has 0 aromatic heterocycles. The molecule has 0 saturated carbocycles. The Bertz CT molecular complexity index is 235. The van der Waals surface area contributed by atoms with Gasteiger partial charge in [-0.25, -0.2) is 0 Å². The molecule has 2 heteroatoms. The molecular weight excluding hydrogens is 184 g/mol. The van der Waals surface area contributed by atoms with E-state index in [-0.39, 0.29) is 0 Å². The van der Waals surface area contributed by atoms with Crippen molar-refractivity contribution >= 4 is 0 Å². The van der Waals surface area contributed by atoms with Gasteiger partial charge in [0.1, 0.15) is 0 Å². The topological polar surface area (TPSA) is 15.3 Å². The first-order valence-electron chi connectivity index (χ1n) is 6.35. The monoisotopic (exact) mass is 208 g/mol. The van der Waals surface area contributed by atoms with Crippen molar-refractivity contribution in [1.82, 2.24) is 10.2 Å². The van der Waals surface area contributed by atoms with Gasteiger partial charge in [-0.2, -0.15) is 0 Å². The van der Waals surface area contributed by atoms with Gasteiger partial charge in [0.2, 0.25) is 0 Å². The van der Waals surface area contributed by atoms with Crippen molar-refractivity contribution in [3.8, 4) is 0 Å². The molecule has 15 heavy (non-hydrogen) atoms. The molecule has 0 aromatic carbocycles. The lowest BCUT2D eigenvalue weighted by Gasteiger charge is -2.34. The van der Waals surface area contributed by atoms with Crippen LogP contribution in [0, 0.1) is 5.92 Å². The van der Waals surface area contributed by atoms with Crippen LogP contribution >= 0.6 is 0 Å². The molecular formula is C13H24N2. The molecule has 0 aliphatic carbocycles. The largest absolute Gasteiger partial charge is 0.314 e. The molecule has 2 unspecified atom stereocenters. The molecule has 0 bridgehead atoms. The van der Waals surface area contributed by atoms with Gasteiger partial charge >= 0.3 is 0 Å². The van der Waals surface area contributed by atoms with Gasteiger partial charge in [-0.3, -0.25) is 4.90 Å². The summed E-state index contributed by atoms with van der Waals surface area (Å²) in [5, 5.41) is 3.53. The van der Waals surface area contributed by atoms with E-state index >= 15 is 0 Å². The highest BCUT2D eigenvalue weighted by Crippen LogP contribution is 2.19. The maximum Gasteiger partial charge on any atom is 0.0190 e. The lowest BCUT2D eigenvalue weighted by molar-refractivity contribution is 0.199. The Balaban J connectivity index is 1.78. The van der Waals surface area contributed by atoms with Crippen molar-refractivity contribution in [3.63, 3.8) is 0 Å². The third-order valence-corrected chi connectivity index (χ3v) is 3.66. The fourth-order valence-corrected chi connectivity index (χ4v) is 2.91. The first kappa shape index (κ1) is 11.2. The Morgan fingerprint density at radius 1 is 1.53 bits per heavy atom. The van der Waals surface area contributed by atoms with Gasteiger partial charge in [-0.1, -0.05) is 11.6 Å². The van der Waals surface area contributed by atoms with E-state index in [1.807, 2.05) is 0 Å². The number of hydrogen-bond donors (Lipinski definition) is 1. The van der Waals surface area contributed by atoms with Crippen molar-refractivity contribution < 1.29 is 0 Å². The Morgan fingerprint density at radius 3 is 3.13 bits per heavy atom. The first-order valence-corrected chi connectivity index (χ1v) is 6.35. The van der Waals surface area contributed by atoms with E-state index in [0.717, 1.165) is 12.0 Å². The molecule has 1 fully saturated rings. The van der Waals surface area contributed by atoms with Crippen LogP contribution in [0.25, 0.3) is 0 Å². The minimum atomic E-state index is 0.727. The summed E-state index contributed by atoms with van der Waals surface area (Å²) < 4.78 is 0. The first-order chi connectivity index (χ1) is 7.24. The number of rotatable bonds is 2. The van der Waals surface area contributed by atoms with Crippen LogP contribution in [0.4, 0.5) is 0 Å². The lowest BCUT2D eigenvalue weighted by Crippen LogP contribution is -2.41. The summed E-state index contributed by atoms with van der Waals surface area (Å²) in [5.74, 6) is 0.923. The average molecular weight is 208 g/mol. The van der Waals surface area contributed by atoms with Crippen LogP contribution < -0.4 is 5.32 Å². The van der Waals surface area contributed by atoms with Gasteiger partial charge in [-0.15, -0.1) is 0 Å². The van der Waals surface area contributed by atoms with Crippen LogP contribution in [0.15, 0.2) is 11.6 Å². The van der Waals surface area contributed by atoms with Crippen molar-refractivity contribution in [2.75, 3.05) is 26.2 Å². The van der Waals surface area contributed by atoms with E-state index in [4.69, 9.17) is 0 Å². The van der Waals surface area contributed by atoms with Crippen LogP contribution in [0.2, 0.25) is 0 Å². The van der Waals surface area contributed by atoms with E-state index in [0.29, 0.717) is 0 Å². The quantitative estimate of drug-likeness (QED) is 0.699. The third kappa shape index (κ3) is 3.32. The van der Waals surface area contributed by atoms with Gasteiger partial charge in [0.15, 0.2) is 0 Å². The van der Waals surface area contributed by atoms with Gasteiger partial charge in [0.05, 0.1) is 0 Å². The van der Waals surface area contributed by atoms with Gasteiger partial charge < -0.3 is 5.32 Å². The Hall–Kier alpha value is -0.340. The summed E-state index contributed by atoms with van der Waals surface area (Å²) in [4.78, 5) is 2.64. The van der Waals surface area contributed by atoms with Gasteiger partial charge in [0.25, 0.3) is 0 Å². The van der Waals surface area contributed by atoms with E-state index in [1.165, 1.54) is 45.4 Å². The van der Waals surface area contributed by atoms with Crippen LogP contribution in [-0.4, -0.2) is 37.1 Å². The molecule has 0 aromatic rings. The molecule has 1 saturated heterocycles. The molecule has 0 amide bonds. The minimum absolute atomic E-state index is 0.727.